The van der Waals surface area contributed by atoms with Crippen LogP contribution in [0, 0.1) is 0 Å². The van der Waals surface area contributed by atoms with Crippen molar-refractivity contribution in [1.82, 2.24) is 4.98 Å². The lowest BCUT2D eigenvalue weighted by molar-refractivity contribution is -0.107. The van der Waals surface area contributed by atoms with Crippen molar-refractivity contribution < 1.29 is 4.79 Å². The Bertz CT molecular complexity index is 250. The lowest BCUT2D eigenvalue weighted by Gasteiger charge is -1.98. The molecule has 0 aliphatic rings. The summed E-state index contributed by atoms with van der Waals surface area (Å²) in [5.74, 6) is 0. The minimum Gasteiger partial charge on any atom is -0.303 e. The van der Waals surface area contributed by atoms with Gasteiger partial charge in [-0.25, -0.2) is 4.98 Å². The van der Waals surface area contributed by atoms with E-state index in [-0.39, 0.29) is 0 Å². The second kappa shape index (κ2) is 4.23. The normalized spacial score (nSPS) is 9.55. The van der Waals surface area contributed by atoms with Crippen molar-refractivity contribution >= 4 is 22.2 Å². The highest BCUT2D eigenvalue weighted by Crippen LogP contribution is 2.13. The van der Waals surface area contributed by atoms with Gasteiger partial charge in [-0.1, -0.05) is 6.07 Å². The van der Waals surface area contributed by atoms with Crippen LogP contribution in [0.1, 0.15) is 12.0 Å². The van der Waals surface area contributed by atoms with Crippen LogP contribution < -0.4 is 0 Å². The van der Waals surface area contributed by atoms with Gasteiger partial charge in [-0.3, -0.25) is 0 Å². The van der Waals surface area contributed by atoms with Crippen molar-refractivity contribution in [3.63, 3.8) is 0 Å². The van der Waals surface area contributed by atoms with E-state index in [1.165, 1.54) is 0 Å². The molecule has 0 radical (unpaired) electrons. The number of hydrogen-bond donors (Lipinski definition) is 0. The fourth-order valence-electron chi connectivity index (χ4n) is 0.820. The molecule has 1 aromatic heterocycles. The van der Waals surface area contributed by atoms with E-state index in [0.717, 1.165) is 22.9 Å². The number of carbonyl (C=O) groups excluding carboxylic acids is 1. The first kappa shape index (κ1) is 8.40. The lowest BCUT2D eigenvalue weighted by atomic mass is 10.2. The zero-order valence-electron chi connectivity index (χ0n) is 5.96. The van der Waals surface area contributed by atoms with E-state index < -0.39 is 0 Å². The SMILES string of the molecule is O=CCCc1cccnc1Br. The van der Waals surface area contributed by atoms with Crippen LogP contribution in [0.4, 0.5) is 0 Å². The number of aromatic nitrogens is 1. The standard InChI is InChI=1S/C8H8BrNO/c9-8-7(4-2-6-11)3-1-5-10-8/h1,3,5-6H,2,4H2. The van der Waals surface area contributed by atoms with E-state index >= 15 is 0 Å². The maximum Gasteiger partial charge on any atom is 0.120 e. The number of hydrogen-bond acceptors (Lipinski definition) is 2. The van der Waals surface area contributed by atoms with Crippen LogP contribution in [0.2, 0.25) is 0 Å². The van der Waals surface area contributed by atoms with E-state index in [4.69, 9.17) is 0 Å². The zero-order chi connectivity index (χ0) is 8.10. The van der Waals surface area contributed by atoms with Gasteiger partial charge in [0.25, 0.3) is 0 Å². The van der Waals surface area contributed by atoms with Crippen LogP contribution >= 0.6 is 15.9 Å². The number of halogens is 1. The maximum atomic E-state index is 10.1. The first-order valence-corrected chi connectivity index (χ1v) is 4.17. The largest absolute Gasteiger partial charge is 0.303 e. The number of nitrogens with zero attached hydrogens (tertiary/aromatic N) is 1. The van der Waals surface area contributed by atoms with Gasteiger partial charge >= 0.3 is 0 Å². The third-order valence-corrected chi connectivity index (χ3v) is 2.08. The van der Waals surface area contributed by atoms with E-state index in [2.05, 4.69) is 20.9 Å². The molecule has 0 N–H and O–H groups in total. The van der Waals surface area contributed by atoms with E-state index in [1.807, 2.05) is 12.1 Å². The molecule has 58 valence electrons. The van der Waals surface area contributed by atoms with Crippen LogP contribution in [0.15, 0.2) is 22.9 Å². The second-order valence-corrected chi connectivity index (χ2v) is 2.91. The van der Waals surface area contributed by atoms with E-state index in [9.17, 15) is 4.79 Å². The Labute approximate surface area is 73.8 Å². The molecule has 0 unspecified atom stereocenters. The number of aryl methyl sites for hydroxylation is 1. The van der Waals surface area contributed by atoms with Crippen LogP contribution in [0.25, 0.3) is 0 Å². The first-order chi connectivity index (χ1) is 5.34. The molecule has 0 amide bonds. The summed E-state index contributed by atoms with van der Waals surface area (Å²) in [4.78, 5) is 14.1. The summed E-state index contributed by atoms with van der Waals surface area (Å²) >= 11 is 3.30. The molecule has 0 spiro atoms. The Morgan fingerprint density at radius 1 is 1.64 bits per heavy atom. The molecule has 0 atom stereocenters. The average molecular weight is 214 g/mol. The van der Waals surface area contributed by atoms with E-state index in [1.54, 1.807) is 6.20 Å². The summed E-state index contributed by atoms with van der Waals surface area (Å²) in [6.45, 7) is 0. The molecular formula is C8H8BrNO. The molecular weight excluding hydrogens is 206 g/mol. The van der Waals surface area contributed by atoms with Crippen molar-refractivity contribution in [3.8, 4) is 0 Å². The Morgan fingerprint density at radius 3 is 3.09 bits per heavy atom. The molecule has 0 saturated carbocycles. The predicted octanol–water partition coefficient (Wildman–Crippen LogP) is 1.98. The van der Waals surface area contributed by atoms with Gasteiger partial charge in [0.2, 0.25) is 0 Å². The highest BCUT2D eigenvalue weighted by Gasteiger charge is 1.97. The number of aldehydes is 1. The van der Waals surface area contributed by atoms with Crippen LogP contribution in [0.3, 0.4) is 0 Å². The Balaban J connectivity index is 2.69. The van der Waals surface area contributed by atoms with E-state index in [0.29, 0.717) is 6.42 Å². The highest BCUT2D eigenvalue weighted by atomic mass is 79.9. The molecule has 1 heterocycles. The third-order valence-electron chi connectivity index (χ3n) is 1.37. The molecule has 0 bridgehead atoms. The monoisotopic (exact) mass is 213 g/mol. The first-order valence-electron chi connectivity index (χ1n) is 3.37. The zero-order valence-corrected chi connectivity index (χ0v) is 7.54. The van der Waals surface area contributed by atoms with Crippen molar-refractivity contribution in [2.24, 2.45) is 0 Å². The van der Waals surface area contributed by atoms with Gasteiger partial charge in [-0.15, -0.1) is 0 Å². The van der Waals surface area contributed by atoms with Crippen molar-refractivity contribution in [2.75, 3.05) is 0 Å². The smallest absolute Gasteiger partial charge is 0.120 e. The fourth-order valence-corrected chi connectivity index (χ4v) is 1.27. The Morgan fingerprint density at radius 2 is 2.45 bits per heavy atom. The highest BCUT2D eigenvalue weighted by molar-refractivity contribution is 9.10. The second-order valence-electron chi connectivity index (χ2n) is 2.16. The van der Waals surface area contributed by atoms with Crippen molar-refractivity contribution in [3.05, 3.63) is 28.5 Å². The number of carbonyl (C=O) groups is 1. The van der Waals surface area contributed by atoms with Crippen LogP contribution in [-0.4, -0.2) is 11.3 Å². The summed E-state index contributed by atoms with van der Waals surface area (Å²) in [5.41, 5.74) is 1.08. The van der Waals surface area contributed by atoms with Gasteiger partial charge in [0.1, 0.15) is 10.9 Å². The maximum absolute atomic E-state index is 10.1. The van der Waals surface area contributed by atoms with Crippen LogP contribution in [-0.2, 0) is 11.2 Å². The lowest BCUT2D eigenvalue weighted by Crippen LogP contribution is -1.89. The molecule has 2 nitrogen and oxygen atoms in total. The van der Waals surface area contributed by atoms with Crippen molar-refractivity contribution in [2.45, 2.75) is 12.8 Å². The third kappa shape index (κ3) is 2.42. The van der Waals surface area contributed by atoms with Crippen LogP contribution in [0.5, 0.6) is 0 Å². The molecule has 1 rings (SSSR count). The molecule has 0 fully saturated rings. The molecule has 1 aromatic rings. The van der Waals surface area contributed by atoms with Gasteiger partial charge in [-0.05, 0) is 34.0 Å². The summed E-state index contributed by atoms with van der Waals surface area (Å²) in [7, 11) is 0. The van der Waals surface area contributed by atoms with Crippen molar-refractivity contribution in [1.29, 1.82) is 0 Å². The molecule has 0 saturated heterocycles. The minimum atomic E-state index is 0.560. The fraction of sp³-hybridized carbons (Fsp3) is 0.250. The predicted molar refractivity (Wildman–Crippen MR) is 46.3 cm³/mol. The van der Waals surface area contributed by atoms with Gasteiger partial charge < -0.3 is 4.79 Å². The summed E-state index contributed by atoms with van der Waals surface area (Å²) in [6.07, 6.45) is 3.95. The number of rotatable bonds is 3. The van der Waals surface area contributed by atoms with Gasteiger partial charge in [0, 0.05) is 12.6 Å². The van der Waals surface area contributed by atoms with Gasteiger partial charge in [0.15, 0.2) is 0 Å². The molecule has 0 aromatic carbocycles. The quantitative estimate of drug-likeness (QED) is 0.568. The molecule has 3 heteroatoms. The molecule has 0 aliphatic heterocycles. The van der Waals surface area contributed by atoms with Gasteiger partial charge in [0.05, 0.1) is 0 Å². The molecule has 0 aliphatic carbocycles. The molecule has 11 heavy (non-hydrogen) atoms. The minimum absolute atomic E-state index is 0.560. The summed E-state index contributed by atoms with van der Waals surface area (Å²) in [6, 6.07) is 3.82. The Kier molecular flexibility index (Phi) is 3.23. The topological polar surface area (TPSA) is 30.0 Å². The average Bonchev–Trinajstić information content (AvgIpc) is 2.03. The van der Waals surface area contributed by atoms with Gasteiger partial charge in [-0.2, -0.15) is 0 Å². The summed E-state index contributed by atoms with van der Waals surface area (Å²) in [5, 5.41) is 0. The number of pyridine rings is 1. The Hall–Kier alpha value is -0.700. The summed E-state index contributed by atoms with van der Waals surface area (Å²) < 4.78 is 0.835.